The van der Waals surface area contributed by atoms with Gasteiger partial charge in [0, 0.05) is 19.6 Å². The Morgan fingerprint density at radius 3 is 2.33 bits per heavy atom. The van der Waals surface area contributed by atoms with Gasteiger partial charge in [-0.15, -0.1) is 0 Å². The van der Waals surface area contributed by atoms with Gasteiger partial charge < -0.3 is 15.3 Å². The maximum absolute atomic E-state index is 11.9. The number of amides is 2. The lowest BCUT2D eigenvalue weighted by Gasteiger charge is -2.27. The van der Waals surface area contributed by atoms with Crippen LogP contribution in [0.5, 0.6) is 0 Å². The molecule has 0 aromatic rings. The summed E-state index contributed by atoms with van der Waals surface area (Å²) in [5.41, 5.74) is 0. The Labute approximate surface area is 109 Å². The molecule has 104 valence electrons. The van der Waals surface area contributed by atoms with E-state index in [1.807, 2.05) is 0 Å². The topological polar surface area (TPSA) is 69.6 Å². The highest BCUT2D eigenvalue weighted by Gasteiger charge is 2.21. The normalized spacial score (nSPS) is 18.8. The van der Waals surface area contributed by atoms with Crippen molar-refractivity contribution in [3.05, 3.63) is 0 Å². The van der Waals surface area contributed by atoms with Crippen molar-refractivity contribution in [2.45, 2.75) is 51.5 Å². The fourth-order valence-electron chi connectivity index (χ4n) is 2.26. The number of carboxylic acids is 1. The van der Waals surface area contributed by atoms with Crippen molar-refractivity contribution < 1.29 is 14.7 Å². The lowest BCUT2D eigenvalue weighted by atomic mass is 10.1. The number of aliphatic carboxylic acids is 1. The van der Waals surface area contributed by atoms with Crippen LogP contribution in [0, 0.1) is 5.92 Å². The Morgan fingerprint density at radius 1 is 1.28 bits per heavy atom. The number of carboxylic acid groups (broad SMARTS) is 1. The number of hydrogen-bond donors (Lipinski definition) is 2. The van der Waals surface area contributed by atoms with E-state index in [0.29, 0.717) is 6.04 Å². The molecule has 1 fully saturated rings. The Bertz CT molecular complexity index is 286. The smallest absolute Gasteiger partial charge is 0.317 e. The Morgan fingerprint density at radius 2 is 1.83 bits per heavy atom. The molecule has 1 aliphatic rings. The number of nitrogens with one attached hydrogen (secondary N) is 1. The van der Waals surface area contributed by atoms with Gasteiger partial charge in [0.1, 0.15) is 0 Å². The summed E-state index contributed by atoms with van der Waals surface area (Å²) in [7, 11) is 1.80. The zero-order valence-corrected chi connectivity index (χ0v) is 11.3. The van der Waals surface area contributed by atoms with Gasteiger partial charge in [-0.25, -0.2) is 4.79 Å². The fourth-order valence-corrected chi connectivity index (χ4v) is 2.26. The third-order valence-corrected chi connectivity index (χ3v) is 3.67. The monoisotopic (exact) mass is 256 g/mol. The van der Waals surface area contributed by atoms with Gasteiger partial charge in [-0.3, -0.25) is 4.79 Å². The zero-order valence-electron chi connectivity index (χ0n) is 11.3. The second kappa shape index (κ2) is 7.24. The predicted molar refractivity (Wildman–Crippen MR) is 69.5 cm³/mol. The average Bonchev–Trinajstić information content (AvgIpc) is 2.63. The van der Waals surface area contributed by atoms with E-state index >= 15 is 0 Å². The molecule has 1 rings (SSSR count). The second-order valence-electron chi connectivity index (χ2n) is 5.18. The summed E-state index contributed by atoms with van der Waals surface area (Å²) < 4.78 is 0. The van der Waals surface area contributed by atoms with Gasteiger partial charge >= 0.3 is 12.0 Å². The van der Waals surface area contributed by atoms with Gasteiger partial charge in [-0.1, -0.05) is 32.6 Å². The van der Waals surface area contributed by atoms with E-state index in [1.54, 1.807) is 18.9 Å². The Hall–Kier alpha value is -1.26. The third kappa shape index (κ3) is 4.55. The molecule has 5 heteroatoms. The van der Waals surface area contributed by atoms with Crippen LogP contribution >= 0.6 is 0 Å². The van der Waals surface area contributed by atoms with Crippen molar-refractivity contribution in [1.82, 2.24) is 10.2 Å². The first kappa shape index (κ1) is 14.8. The molecule has 2 amide bonds. The average molecular weight is 256 g/mol. The highest BCUT2D eigenvalue weighted by Crippen LogP contribution is 2.20. The zero-order chi connectivity index (χ0) is 13.5. The molecule has 0 aromatic carbocycles. The molecule has 2 N–H and O–H groups in total. The number of carbonyl (C=O) groups excluding carboxylic acids is 1. The number of nitrogens with zero attached hydrogens (tertiary/aromatic N) is 1. The minimum absolute atomic E-state index is 0.157. The molecule has 0 radical (unpaired) electrons. The van der Waals surface area contributed by atoms with Crippen molar-refractivity contribution >= 4 is 12.0 Å². The summed E-state index contributed by atoms with van der Waals surface area (Å²) in [5, 5.41) is 11.4. The van der Waals surface area contributed by atoms with E-state index in [9.17, 15) is 9.59 Å². The second-order valence-corrected chi connectivity index (χ2v) is 5.18. The molecule has 18 heavy (non-hydrogen) atoms. The van der Waals surface area contributed by atoms with E-state index in [1.165, 1.54) is 25.7 Å². The molecule has 0 spiro atoms. The first-order valence-electron chi connectivity index (χ1n) is 6.76. The summed E-state index contributed by atoms with van der Waals surface area (Å²) in [6.45, 7) is 1.78. The lowest BCUT2D eigenvalue weighted by molar-refractivity contribution is -0.140. The van der Waals surface area contributed by atoms with Crippen LogP contribution in [0.25, 0.3) is 0 Å². The summed E-state index contributed by atoms with van der Waals surface area (Å²) in [5.74, 6) is -1.43. The number of rotatable bonds is 4. The first-order chi connectivity index (χ1) is 8.52. The molecule has 1 unspecified atom stereocenters. The van der Waals surface area contributed by atoms with Crippen LogP contribution in [-0.2, 0) is 4.79 Å². The van der Waals surface area contributed by atoms with Crippen molar-refractivity contribution in [3.63, 3.8) is 0 Å². The van der Waals surface area contributed by atoms with E-state index in [-0.39, 0.29) is 12.6 Å². The highest BCUT2D eigenvalue weighted by atomic mass is 16.4. The maximum atomic E-state index is 11.9. The van der Waals surface area contributed by atoms with Gasteiger partial charge in [-0.05, 0) is 12.8 Å². The molecule has 1 saturated carbocycles. The number of carbonyl (C=O) groups is 2. The quantitative estimate of drug-likeness (QED) is 0.756. The van der Waals surface area contributed by atoms with Crippen LogP contribution in [0.3, 0.4) is 0 Å². The SMILES string of the molecule is CC(CNC(=O)N(C)C1CCCCCC1)C(=O)O. The van der Waals surface area contributed by atoms with E-state index in [2.05, 4.69) is 5.32 Å². The van der Waals surface area contributed by atoms with Crippen LogP contribution in [-0.4, -0.2) is 41.6 Å². The number of hydrogen-bond acceptors (Lipinski definition) is 2. The van der Waals surface area contributed by atoms with Crippen LogP contribution in [0.15, 0.2) is 0 Å². The number of urea groups is 1. The molecule has 0 bridgehead atoms. The van der Waals surface area contributed by atoms with Crippen LogP contribution in [0.2, 0.25) is 0 Å². The van der Waals surface area contributed by atoms with E-state index in [0.717, 1.165) is 12.8 Å². The lowest BCUT2D eigenvalue weighted by Crippen LogP contribution is -2.45. The molecule has 0 saturated heterocycles. The molecule has 1 atom stereocenters. The largest absolute Gasteiger partial charge is 0.481 e. The minimum Gasteiger partial charge on any atom is -0.481 e. The molecule has 0 aliphatic heterocycles. The van der Waals surface area contributed by atoms with Crippen molar-refractivity contribution in [2.75, 3.05) is 13.6 Å². The van der Waals surface area contributed by atoms with Gasteiger partial charge in [0.15, 0.2) is 0 Å². The fraction of sp³-hybridized carbons (Fsp3) is 0.846. The predicted octanol–water partition coefficient (Wildman–Crippen LogP) is 2.07. The van der Waals surface area contributed by atoms with E-state index in [4.69, 9.17) is 5.11 Å². The highest BCUT2D eigenvalue weighted by molar-refractivity contribution is 5.75. The first-order valence-corrected chi connectivity index (χ1v) is 6.76. The van der Waals surface area contributed by atoms with Gasteiger partial charge in [-0.2, -0.15) is 0 Å². The summed E-state index contributed by atoms with van der Waals surface area (Å²) in [6, 6.07) is 0.141. The van der Waals surface area contributed by atoms with Crippen LogP contribution in [0.1, 0.15) is 45.4 Å². The van der Waals surface area contributed by atoms with Crippen LogP contribution < -0.4 is 5.32 Å². The Kier molecular flexibility index (Phi) is 5.95. The summed E-state index contributed by atoms with van der Waals surface area (Å²) in [4.78, 5) is 24.3. The standard InChI is InChI=1S/C13H24N2O3/c1-10(12(16)17)9-14-13(18)15(2)11-7-5-3-4-6-8-11/h10-11H,3-9H2,1-2H3,(H,14,18)(H,16,17). The van der Waals surface area contributed by atoms with Gasteiger partial charge in [0.25, 0.3) is 0 Å². The molecule has 5 nitrogen and oxygen atoms in total. The molecule has 0 heterocycles. The molecular weight excluding hydrogens is 232 g/mol. The van der Waals surface area contributed by atoms with Crippen molar-refractivity contribution in [2.24, 2.45) is 5.92 Å². The van der Waals surface area contributed by atoms with Crippen molar-refractivity contribution in [1.29, 1.82) is 0 Å². The molecule has 0 aromatic heterocycles. The van der Waals surface area contributed by atoms with Gasteiger partial charge in [0.2, 0.25) is 0 Å². The van der Waals surface area contributed by atoms with Crippen molar-refractivity contribution in [3.8, 4) is 0 Å². The minimum atomic E-state index is -0.882. The molecule has 1 aliphatic carbocycles. The maximum Gasteiger partial charge on any atom is 0.317 e. The van der Waals surface area contributed by atoms with Gasteiger partial charge in [0.05, 0.1) is 5.92 Å². The van der Waals surface area contributed by atoms with Crippen LogP contribution in [0.4, 0.5) is 4.79 Å². The molecular formula is C13H24N2O3. The summed E-state index contributed by atoms with van der Waals surface area (Å²) >= 11 is 0. The van der Waals surface area contributed by atoms with E-state index < -0.39 is 11.9 Å². The summed E-state index contributed by atoms with van der Waals surface area (Å²) in [6.07, 6.45) is 6.96. The Balaban J connectivity index is 2.37. The third-order valence-electron chi connectivity index (χ3n) is 3.67.